The SMILES string of the molecule is C#Cc1cnc(Cl)nc1OC. The molecule has 1 heterocycles. The number of aromatic nitrogens is 2. The van der Waals surface area contributed by atoms with E-state index >= 15 is 0 Å². The zero-order chi connectivity index (χ0) is 8.27. The van der Waals surface area contributed by atoms with Crippen molar-refractivity contribution >= 4 is 11.6 Å². The van der Waals surface area contributed by atoms with E-state index in [1.165, 1.54) is 13.3 Å². The Morgan fingerprint density at radius 3 is 3.00 bits per heavy atom. The van der Waals surface area contributed by atoms with Crippen LogP contribution in [0, 0.1) is 12.3 Å². The Bertz CT molecular complexity index is 306. The predicted molar refractivity (Wildman–Crippen MR) is 41.5 cm³/mol. The number of hydrogen-bond donors (Lipinski definition) is 0. The fourth-order valence-electron chi connectivity index (χ4n) is 0.601. The molecule has 0 saturated heterocycles. The van der Waals surface area contributed by atoms with Crippen molar-refractivity contribution in [2.75, 3.05) is 7.11 Å². The van der Waals surface area contributed by atoms with Crippen molar-refractivity contribution in [3.05, 3.63) is 17.0 Å². The number of terminal acetylenes is 1. The third-order valence-corrected chi connectivity index (χ3v) is 1.26. The van der Waals surface area contributed by atoms with Gasteiger partial charge < -0.3 is 4.74 Å². The quantitative estimate of drug-likeness (QED) is 0.466. The zero-order valence-electron chi connectivity index (χ0n) is 5.84. The van der Waals surface area contributed by atoms with E-state index in [1.54, 1.807) is 0 Å². The molecule has 0 spiro atoms. The average Bonchev–Trinajstić information content (AvgIpc) is 2.04. The number of halogens is 1. The minimum atomic E-state index is 0.126. The van der Waals surface area contributed by atoms with Crippen LogP contribution in [0.15, 0.2) is 6.20 Å². The van der Waals surface area contributed by atoms with Crippen LogP contribution in [0.1, 0.15) is 5.56 Å². The molecule has 0 aliphatic rings. The second kappa shape index (κ2) is 3.22. The van der Waals surface area contributed by atoms with Crippen LogP contribution in [0.4, 0.5) is 0 Å². The molecule has 11 heavy (non-hydrogen) atoms. The summed E-state index contributed by atoms with van der Waals surface area (Å²) in [6.45, 7) is 0. The third kappa shape index (κ3) is 1.60. The Morgan fingerprint density at radius 1 is 1.73 bits per heavy atom. The standard InChI is InChI=1S/C7H5ClN2O/c1-3-5-4-9-7(8)10-6(5)11-2/h1,4H,2H3. The van der Waals surface area contributed by atoms with E-state index in [4.69, 9.17) is 22.8 Å². The first-order valence-corrected chi connectivity index (χ1v) is 3.19. The summed E-state index contributed by atoms with van der Waals surface area (Å²) in [5.41, 5.74) is 0.497. The van der Waals surface area contributed by atoms with Crippen LogP contribution in [-0.4, -0.2) is 17.1 Å². The van der Waals surface area contributed by atoms with Crippen LogP contribution in [0.3, 0.4) is 0 Å². The maximum absolute atomic E-state index is 5.48. The highest BCUT2D eigenvalue weighted by Crippen LogP contribution is 2.13. The van der Waals surface area contributed by atoms with Gasteiger partial charge in [-0.3, -0.25) is 0 Å². The molecule has 1 rings (SSSR count). The first-order valence-electron chi connectivity index (χ1n) is 2.81. The number of rotatable bonds is 1. The molecule has 56 valence electrons. The summed E-state index contributed by atoms with van der Waals surface area (Å²) >= 11 is 5.48. The van der Waals surface area contributed by atoms with Crippen molar-refractivity contribution in [1.29, 1.82) is 0 Å². The molecular formula is C7H5ClN2O. The highest BCUT2D eigenvalue weighted by Gasteiger charge is 2.02. The first-order chi connectivity index (χ1) is 5.27. The molecular weight excluding hydrogens is 164 g/mol. The summed E-state index contributed by atoms with van der Waals surface area (Å²) in [7, 11) is 1.47. The predicted octanol–water partition coefficient (Wildman–Crippen LogP) is 1.12. The molecule has 0 aromatic carbocycles. The van der Waals surface area contributed by atoms with Gasteiger partial charge in [0.2, 0.25) is 11.2 Å². The Kier molecular flexibility index (Phi) is 2.29. The summed E-state index contributed by atoms with van der Waals surface area (Å²) in [6.07, 6.45) is 6.56. The summed E-state index contributed by atoms with van der Waals surface area (Å²) in [4.78, 5) is 7.44. The van der Waals surface area contributed by atoms with Crippen molar-refractivity contribution in [2.24, 2.45) is 0 Å². The van der Waals surface area contributed by atoms with Crippen LogP contribution in [0.25, 0.3) is 0 Å². The van der Waals surface area contributed by atoms with Gasteiger partial charge in [0.15, 0.2) is 0 Å². The van der Waals surface area contributed by atoms with Crippen LogP contribution >= 0.6 is 11.6 Å². The molecule has 0 fully saturated rings. The van der Waals surface area contributed by atoms with Gasteiger partial charge in [0, 0.05) is 0 Å². The fourth-order valence-corrected chi connectivity index (χ4v) is 0.726. The minimum absolute atomic E-state index is 0.126. The molecule has 0 unspecified atom stereocenters. The Labute approximate surface area is 69.4 Å². The topological polar surface area (TPSA) is 35.0 Å². The molecule has 1 aromatic rings. The van der Waals surface area contributed by atoms with E-state index in [0.29, 0.717) is 11.4 Å². The van der Waals surface area contributed by atoms with Crippen molar-refractivity contribution in [3.63, 3.8) is 0 Å². The molecule has 0 aliphatic carbocycles. The number of methoxy groups -OCH3 is 1. The molecule has 4 heteroatoms. The third-order valence-electron chi connectivity index (χ3n) is 1.07. The molecule has 0 N–H and O–H groups in total. The Morgan fingerprint density at radius 2 is 2.45 bits per heavy atom. The maximum atomic E-state index is 5.48. The Balaban J connectivity index is 3.19. The van der Waals surface area contributed by atoms with Crippen LogP contribution < -0.4 is 4.74 Å². The van der Waals surface area contributed by atoms with Gasteiger partial charge in [0.1, 0.15) is 5.56 Å². The lowest BCUT2D eigenvalue weighted by molar-refractivity contribution is 0.395. The van der Waals surface area contributed by atoms with Gasteiger partial charge in [-0.15, -0.1) is 6.42 Å². The zero-order valence-corrected chi connectivity index (χ0v) is 6.59. The van der Waals surface area contributed by atoms with E-state index < -0.39 is 0 Å². The highest BCUT2D eigenvalue weighted by atomic mass is 35.5. The number of nitrogens with zero attached hydrogens (tertiary/aromatic N) is 2. The number of ether oxygens (including phenoxy) is 1. The van der Waals surface area contributed by atoms with Gasteiger partial charge in [0.25, 0.3) is 0 Å². The van der Waals surface area contributed by atoms with E-state index in [-0.39, 0.29) is 5.28 Å². The van der Waals surface area contributed by atoms with Gasteiger partial charge in [0.05, 0.1) is 13.3 Å². The normalized spacial score (nSPS) is 8.82. The fraction of sp³-hybridized carbons (Fsp3) is 0.143. The summed E-state index contributed by atoms with van der Waals surface area (Å²) < 4.78 is 4.84. The lowest BCUT2D eigenvalue weighted by atomic mass is 10.3. The van der Waals surface area contributed by atoms with Crippen molar-refractivity contribution < 1.29 is 4.74 Å². The molecule has 1 aromatic heterocycles. The van der Waals surface area contributed by atoms with Crippen LogP contribution in [-0.2, 0) is 0 Å². The molecule has 0 amide bonds. The lowest BCUT2D eigenvalue weighted by Gasteiger charge is -1.99. The molecule has 3 nitrogen and oxygen atoms in total. The van der Waals surface area contributed by atoms with Gasteiger partial charge in [-0.05, 0) is 11.6 Å². The smallest absolute Gasteiger partial charge is 0.233 e. The second-order valence-electron chi connectivity index (χ2n) is 1.71. The van der Waals surface area contributed by atoms with Crippen molar-refractivity contribution in [3.8, 4) is 18.2 Å². The van der Waals surface area contributed by atoms with Gasteiger partial charge in [-0.25, -0.2) is 4.98 Å². The molecule has 0 radical (unpaired) electrons. The second-order valence-corrected chi connectivity index (χ2v) is 2.04. The summed E-state index contributed by atoms with van der Waals surface area (Å²) in [5, 5.41) is 0.126. The summed E-state index contributed by atoms with van der Waals surface area (Å²) in [6, 6.07) is 0. The van der Waals surface area contributed by atoms with E-state index in [1.807, 2.05) is 0 Å². The highest BCUT2D eigenvalue weighted by molar-refractivity contribution is 6.28. The monoisotopic (exact) mass is 168 g/mol. The van der Waals surface area contributed by atoms with Crippen molar-refractivity contribution in [2.45, 2.75) is 0 Å². The molecule has 0 bridgehead atoms. The van der Waals surface area contributed by atoms with E-state index in [0.717, 1.165) is 0 Å². The first kappa shape index (κ1) is 7.83. The maximum Gasteiger partial charge on any atom is 0.233 e. The van der Waals surface area contributed by atoms with Gasteiger partial charge >= 0.3 is 0 Å². The molecule has 0 saturated carbocycles. The largest absolute Gasteiger partial charge is 0.480 e. The van der Waals surface area contributed by atoms with Crippen LogP contribution in [0.5, 0.6) is 5.88 Å². The molecule has 0 atom stereocenters. The number of hydrogen-bond acceptors (Lipinski definition) is 3. The van der Waals surface area contributed by atoms with Gasteiger partial charge in [-0.2, -0.15) is 4.98 Å². The average molecular weight is 169 g/mol. The summed E-state index contributed by atoms with van der Waals surface area (Å²) in [5.74, 6) is 2.69. The lowest BCUT2D eigenvalue weighted by Crippen LogP contribution is -1.93. The Hall–Kier alpha value is -1.27. The van der Waals surface area contributed by atoms with E-state index in [2.05, 4.69) is 15.9 Å². The van der Waals surface area contributed by atoms with Crippen molar-refractivity contribution in [1.82, 2.24) is 9.97 Å². The van der Waals surface area contributed by atoms with Crippen LogP contribution in [0.2, 0.25) is 5.28 Å². The van der Waals surface area contributed by atoms with E-state index in [9.17, 15) is 0 Å². The molecule has 0 aliphatic heterocycles. The van der Waals surface area contributed by atoms with Gasteiger partial charge in [-0.1, -0.05) is 5.92 Å². The minimum Gasteiger partial charge on any atom is -0.480 e.